The molecular weight excluding hydrogens is 190 g/mol. The van der Waals surface area contributed by atoms with E-state index in [9.17, 15) is 4.79 Å². The SMILES string of the molecule is CC1CCC(NCCN2CCNC2=O)C1. The highest BCUT2D eigenvalue weighted by molar-refractivity contribution is 5.76. The lowest BCUT2D eigenvalue weighted by molar-refractivity contribution is 0.217. The Balaban J connectivity index is 1.60. The standard InChI is InChI=1S/C11H21N3O/c1-9-2-3-10(8-9)12-4-6-14-7-5-13-11(14)15/h9-10,12H,2-8H2,1H3,(H,13,15). The zero-order valence-electron chi connectivity index (χ0n) is 9.46. The predicted octanol–water partition coefficient (Wildman–Crippen LogP) is 0.790. The van der Waals surface area contributed by atoms with Crippen molar-refractivity contribution in [3.05, 3.63) is 0 Å². The minimum Gasteiger partial charge on any atom is -0.336 e. The Labute approximate surface area is 91.4 Å². The first-order valence-corrected chi connectivity index (χ1v) is 6.02. The number of carbonyl (C=O) groups excluding carboxylic acids is 1. The van der Waals surface area contributed by atoms with Crippen LogP contribution in [0.3, 0.4) is 0 Å². The van der Waals surface area contributed by atoms with Gasteiger partial charge in [0.1, 0.15) is 0 Å². The van der Waals surface area contributed by atoms with Crippen LogP contribution >= 0.6 is 0 Å². The molecule has 2 fully saturated rings. The van der Waals surface area contributed by atoms with Crippen LogP contribution < -0.4 is 10.6 Å². The lowest BCUT2D eigenvalue weighted by atomic mass is 10.1. The van der Waals surface area contributed by atoms with Gasteiger partial charge in [-0.25, -0.2) is 4.79 Å². The van der Waals surface area contributed by atoms with Crippen LogP contribution in [0.5, 0.6) is 0 Å². The van der Waals surface area contributed by atoms with Gasteiger partial charge in [-0.15, -0.1) is 0 Å². The molecule has 1 saturated carbocycles. The predicted molar refractivity (Wildman–Crippen MR) is 59.8 cm³/mol. The van der Waals surface area contributed by atoms with Crippen LogP contribution in [-0.4, -0.2) is 43.2 Å². The van der Waals surface area contributed by atoms with Gasteiger partial charge >= 0.3 is 6.03 Å². The van der Waals surface area contributed by atoms with Crippen molar-refractivity contribution in [1.29, 1.82) is 0 Å². The van der Waals surface area contributed by atoms with E-state index in [2.05, 4.69) is 17.6 Å². The summed E-state index contributed by atoms with van der Waals surface area (Å²) in [5.41, 5.74) is 0. The first kappa shape index (κ1) is 10.7. The monoisotopic (exact) mass is 211 g/mol. The third-order valence-electron chi connectivity index (χ3n) is 3.45. The van der Waals surface area contributed by atoms with Crippen molar-refractivity contribution >= 4 is 6.03 Å². The summed E-state index contributed by atoms with van der Waals surface area (Å²) in [7, 11) is 0. The Morgan fingerprint density at radius 3 is 3.00 bits per heavy atom. The van der Waals surface area contributed by atoms with Gasteiger partial charge in [0, 0.05) is 32.2 Å². The van der Waals surface area contributed by atoms with E-state index in [1.807, 2.05) is 4.90 Å². The zero-order valence-corrected chi connectivity index (χ0v) is 9.46. The van der Waals surface area contributed by atoms with Crippen molar-refractivity contribution in [3.8, 4) is 0 Å². The van der Waals surface area contributed by atoms with E-state index >= 15 is 0 Å². The van der Waals surface area contributed by atoms with Gasteiger partial charge in [-0.1, -0.05) is 6.92 Å². The summed E-state index contributed by atoms with van der Waals surface area (Å²) < 4.78 is 0. The quantitative estimate of drug-likeness (QED) is 0.722. The van der Waals surface area contributed by atoms with E-state index < -0.39 is 0 Å². The second kappa shape index (κ2) is 4.84. The van der Waals surface area contributed by atoms with Gasteiger partial charge in [-0.2, -0.15) is 0 Å². The molecular formula is C11H21N3O. The van der Waals surface area contributed by atoms with Crippen LogP contribution in [0.4, 0.5) is 4.79 Å². The van der Waals surface area contributed by atoms with Crippen LogP contribution in [0.2, 0.25) is 0 Å². The Hall–Kier alpha value is -0.770. The van der Waals surface area contributed by atoms with Crippen LogP contribution in [-0.2, 0) is 0 Å². The van der Waals surface area contributed by atoms with Crippen molar-refractivity contribution in [1.82, 2.24) is 15.5 Å². The highest BCUT2D eigenvalue weighted by Gasteiger charge is 2.22. The molecule has 2 atom stereocenters. The Morgan fingerprint density at radius 1 is 1.53 bits per heavy atom. The summed E-state index contributed by atoms with van der Waals surface area (Å²) in [6.07, 6.45) is 3.95. The number of rotatable bonds is 4. The molecule has 2 unspecified atom stereocenters. The first-order valence-electron chi connectivity index (χ1n) is 6.02. The number of amides is 2. The van der Waals surface area contributed by atoms with Crippen molar-refractivity contribution in [3.63, 3.8) is 0 Å². The lowest BCUT2D eigenvalue weighted by Crippen LogP contribution is -2.37. The summed E-state index contributed by atoms with van der Waals surface area (Å²) in [6, 6.07) is 0.780. The molecule has 2 amide bonds. The highest BCUT2D eigenvalue weighted by atomic mass is 16.2. The number of hydrogen-bond donors (Lipinski definition) is 2. The molecule has 1 saturated heterocycles. The number of nitrogens with one attached hydrogen (secondary N) is 2. The van der Waals surface area contributed by atoms with Gasteiger partial charge in [-0.05, 0) is 25.2 Å². The molecule has 0 radical (unpaired) electrons. The van der Waals surface area contributed by atoms with Crippen molar-refractivity contribution in [2.24, 2.45) is 5.92 Å². The van der Waals surface area contributed by atoms with Crippen LogP contribution in [0, 0.1) is 5.92 Å². The molecule has 1 heterocycles. The maximum atomic E-state index is 11.2. The number of hydrogen-bond acceptors (Lipinski definition) is 2. The number of carbonyl (C=O) groups is 1. The van der Waals surface area contributed by atoms with Gasteiger partial charge in [0.15, 0.2) is 0 Å². The molecule has 0 spiro atoms. The smallest absolute Gasteiger partial charge is 0.317 e. The molecule has 2 aliphatic rings. The molecule has 4 nitrogen and oxygen atoms in total. The summed E-state index contributed by atoms with van der Waals surface area (Å²) in [5.74, 6) is 0.873. The minimum absolute atomic E-state index is 0.0941. The average molecular weight is 211 g/mol. The fourth-order valence-electron chi connectivity index (χ4n) is 2.52. The minimum atomic E-state index is 0.0941. The lowest BCUT2D eigenvalue weighted by Gasteiger charge is -2.17. The van der Waals surface area contributed by atoms with Gasteiger partial charge in [0.2, 0.25) is 0 Å². The fraction of sp³-hybridized carbons (Fsp3) is 0.909. The summed E-state index contributed by atoms with van der Waals surface area (Å²) in [6.45, 7) is 5.76. The van der Waals surface area contributed by atoms with Crippen LogP contribution in [0.15, 0.2) is 0 Å². The number of nitrogens with zero attached hydrogens (tertiary/aromatic N) is 1. The molecule has 2 rings (SSSR count). The normalized spacial score (nSPS) is 31.0. The van der Waals surface area contributed by atoms with Gasteiger partial charge in [0.25, 0.3) is 0 Å². The van der Waals surface area contributed by atoms with E-state index in [1.165, 1.54) is 19.3 Å². The molecule has 4 heteroatoms. The van der Waals surface area contributed by atoms with Gasteiger partial charge < -0.3 is 15.5 Å². The second-order valence-corrected chi connectivity index (χ2v) is 4.79. The zero-order chi connectivity index (χ0) is 10.7. The van der Waals surface area contributed by atoms with Crippen molar-refractivity contribution in [2.75, 3.05) is 26.2 Å². The van der Waals surface area contributed by atoms with E-state index in [4.69, 9.17) is 0 Å². The third kappa shape index (κ3) is 2.84. The molecule has 15 heavy (non-hydrogen) atoms. The molecule has 1 aliphatic heterocycles. The van der Waals surface area contributed by atoms with Gasteiger partial charge in [0.05, 0.1) is 0 Å². The Morgan fingerprint density at radius 2 is 2.40 bits per heavy atom. The van der Waals surface area contributed by atoms with E-state index in [0.717, 1.165) is 32.1 Å². The summed E-state index contributed by atoms with van der Waals surface area (Å²) >= 11 is 0. The molecule has 2 N–H and O–H groups in total. The molecule has 0 aromatic rings. The third-order valence-corrected chi connectivity index (χ3v) is 3.45. The van der Waals surface area contributed by atoms with Crippen LogP contribution in [0.1, 0.15) is 26.2 Å². The Bertz CT molecular complexity index is 232. The fourth-order valence-corrected chi connectivity index (χ4v) is 2.52. The van der Waals surface area contributed by atoms with Crippen LogP contribution in [0.25, 0.3) is 0 Å². The molecule has 86 valence electrons. The van der Waals surface area contributed by atoms with Crippen molar-refractivity contribution < 1.29 is 4.79 Å². The molecule has 0 aromatic heterocycles. The topological polar surface area (TPSA) is 44.4 Å². The van der Waals surface area contributed by atoms with Crippen molar-refractivity contribution in [2.45, 2.75) is 32.2 Å². The van der Waals surface area contributed by atoms with E-state index in [1.54, 1.807) is 0 Å². The number of urea groups is 1. The highest BCUT2D eigenvalue weighted by Crippen LogP contribution is 2.24. The maximum Gasteiger partial charge on any atom is 0.317 e. The van der Waals surface area contributed by atoms with Gasteiger partial charge in [-0.3, -0.25) is 0 Å². The summed E-state index contributed by atoms with van der Waals surface area (Å²) in [4.78, 5) is 13.1. The molecule has 0 aromatic carbocycles. The molecule has 1 aliphatic carbocycles. The maximum absolute atomic E-state index is 11.2. The second-order valence-electron chi connectivity index (χ2n) is 4.79. The molecule has 0 bridgehead atoms. The Kier molecular flexibility index (Phi) is 3.46. The van der Waals surface area contributed by atoms with E-state index in [-0.39, 0.29) is 6.03 Å². The summed E-state index contributed by atoms with van der Waals surface area (Å²) in [5, 5.41) is 6.35. The van der Waals surface area contributed by atoms with E-state index in [0.29, 0.717) is 6.04 Å². The first-order chi connectivity index (χ1) is 7.25. The largest absolute Gasteiger partial charge is 0.336 e. The average Bonchev–Trinajstić information content (AvgIpc) is 2.77.